The van der Waals surface area contributed by atoms with E-state index < -0.39 is 0 Å². The standard InChI is InChI=1S/C14H25N3S2/c1-5-12-16-13(19-17-12)18-11-8-9(14(2,3)4)6-7-10(11)15/h9-11H,5-8,15H2,1-4H3. The van der Waals surface area contributed by atoms with E-state index in [4.69, 9.17) is 5.73 Å². The first-order chi connectivity index (χ1) is 8.90. The molecule has 1 aliphatic rings. The highest BCUT2D eigenvalue weighted by molar-refractivity contribution is 8.01. The molecule has 5 heteroatoms. The third-order valence-electron chi connectivity index (χ3n) is 4.09. The van der Waals surface area contributed by atoms with Gasteiger partial charge in [-0.2, -0.15) is 4.37 Å². The van der Waals surface area contributed by atoms with E-state index in [1.165, 1.54) is 24.4 Å². The number of hydrogen-bond donors (Lipinski definition) is 1. The van der Waals surface area contributed by atoms with Gasteiger partial charge in [0, 0.05) is 17.7 Å². The van der Waals surface area contributed by atoms with Crippen LogP contribution < -0.4 is 5.73 Å². The van der Waals surface area contributed by atoms with Crippen LogP contribution in [0.15, 0.2) is 4.34 Å². The van der Waals surface area contributed by atoms with Crippen molar-refractivity contribution in [3.63, 3.8) is 0 Å². The molecule has 2 N–H and O–H groups in total. The molecule has 1 fully saturated rings. The fourth-order valence-electron chi connectivity index (χ4n) is 2.63. The number of nitrogens with zero attached hydrogens (tertiary/aromatic N) is 2. The molecule has 3 atom stereocenters. The van der Waals surface area contributed by atoms with Gasteiger partial charge in [-0.25, -0.2) is 4.98 Å². The number of nitrogens with two attached hydrogens (primary N) is 1. The second-order valence-electron chi connectivity index (χ2n) is 6.53. The van der Waals surface area contributed by atoms with Crippen LogP contribution in [-0.4, -0.2) is 20.6 Å². The first-order valence-electron chi connectivity index (χ1n) is 7.15. The molecule has 0 bridgehead atoms. The second kappa shape index (κ2) is 6.10. The fraction of sp³-hybridized carbons (Fsp3) is 0.857. The zero-order chi connectivity index (χ0) is 14.0. The number of aryl methyl sites for hydroxylation is 1. The molecular formula is C14H25N3S2. The van der Waals surface area contributed by atoms with Gasteiger partial charge >= 0.3 is 0 Å². The van der Waals surface area contributed by atoms with Crippen LogP contribution in [-0.2, 0) is 6.42 Å². The maximum Gasteiger partial charge on any atom is 0.170 e. The Morgan fingerprint density at radius 2 is 2.11 bits per heavy atom. The topological polar surface area (TPSA) is 51.8 Å². The van der Waals surface area contributed by atoms with Gasteiger partial charge in [-0.1, -0.05) is 39.5 Å². The van der Waals surface area contributed by atoms with E-state index in [-0.39, 0.29) is 0 Å². The lowest BCUT2D eigenvalue weighted by atomic mass is 9.71. The minimum atomic E-state index is 0.303. The minimum absolute atomic E-state index is 0.303. The number of thioether (sulfide) groups is 1. The lowest BCUT2D eigenvalue weighted by molar-refractivity contribution is 0.174. The Bertz CT molecular complexity index is 411. The van der Waals surface area contributed by atoms with Crippen LogP contribution in [0.5, 0.6) is 0 Å². The number of rotatable bonds is 3. The summed E-state index contributed by atoms with van der Waals surface area (Å²) in [5, 5.41) is 0.496. The van der Waals surface area contributed by atoms with Gasteiger partial charge < -0.3 is 5.73 Å². The van der Waals surface area contributed by atoms with Crippen molar-refractivity contribution in [2.24, 2.45) is 17.1 Å². The summed E-state index contributed by atoms with van der Waals surface area (Å²) >= 11 is 3.37. The summed E-state index contributed by atoms with van der Waals surface area (Å²) in [6, 6.07) is 0.303. The number of aromatic nitrogens is 2. The zero-order valence-electron chi connectivity index (χ0n) is 12.3. The van der Waals surface area contributed by atoms with E-state index in [0.717, 1.165) is 28.9 Å². The molecule has 1 heterocycles. The van der Waals surface area contributed by atoms with Crippen molar-refractivity contribution in [2.45, 2.75) is 69.0 Å². The van der Waals surface area contributed by atoms with Gasteiger partial charge in [0.05, 0.1) is 0 Å². The Hall–Kier alpha value is -0.130. The highest BCUT2D eigenvalue weighted by atomic mass is 32.2. The molecule has 1 saturated carbocycles. The average Bonchev–Trinajstić information content (AvgIpc) is 2.78. The SMILES string of the molecule is CCc1nsc(SC2CC(C(C)(C)C)CCC2N)n1. The summed E-state index contributed by atoms with van der Waals surface area (Å²) in [7, 11) is 0. The summed E-state index contributed by atoms with van der Waals surface area (Å²) in [5.41, 5.74) is 6.69. The van der Waals surface area contributed by atoms with E-state index in [1.807, 2.05) is 11.8 Å². The van der Waals surface area contributed by atoms with Crippen LogP contribution in [0.1, 0.15) is 52.8 Å². The average molecular weight is 300 g/mol. The highest BCUT2D eigenvalue weighted by Gasteiger charge is 2.35. The first kappa shape index (κ1) is 15.3. The summed E-state index contributed by atoms with van der Waals surface area (Å²) < 4.78 is 5.45. The molecule has 108 valence electrons. The molecule has 0 saturated heterocycles. The maximum atomic E-state index is 6.31. The van der Waals surface area contributed by atoms with Crippen LogP contribution in [0.3, 0.4) is 0 Å². The first-order valence-corrected chi connectivity index (χ1v) is 8.80. The van der Waals surface area contributed by atoms with Crippen molar-refractivity contribution in [3.8, 4) is 0 Å². The maximum absolute atomic E-state index is 6.31. The molecule has 0 spiro atoms. The molecule has 1 aromatic rings. The van der Waals surface area contributed by atoms with Crippen LogP contribution in [0.4, 0.5) is 0 Å². The summed E-state index contributed by atoms with van der Waals surface area (Å²) in [4.78, 5) is 4.56. The zero-order valence-corrected chi connectivity index (χ0v) is 14.0. The molecule has 19 heavy (non-hydrogen) atoms. The van der Waals surface area contributed by atoms with Gasteiger partial charge in [0.25, 0.3) is 0 Å². The van der Waals surface area contributed by atoms with Gasteiger partial charge in [-0.15, -0.1) is 0 Å². The van der Waals surface area contributed by atoms with E-state index in [2.05, 4.69) is 37.1 Å². The molecule has 1 aliphatic carbocycles. The largest absolute Gasteiger partial charge is 0.327 e. The van der Waals surface area contributed by atoms with Crippen LogP contribution in [0, 0.1) is 11.3 Å². The fourth-order valence-corrected chi connectivity index (χ4v) is 4.84. The van der Waals surface area contributed by atoms with Crippen molar-refractivity contribution >= 4 is 23.3 Å². The molecular weight excluding hydrogens is 274 g/mol. The van der Waals surface area contributed by atoms with Crippen molar-refractivity contribution in [1.82, 2.24) is 9.36 Å². The molecule has 0 radical (unpaired) electrons. The van der Waals surface area contributed by atoms with Crippen LogP contribution in [0.25, 0.3) is 0 Å². The molecule has 0 amide bonds. The summed E-state index contributed by atoms with van der Waals surface area (Å²) in [6.07, 6.45) is 4.52. The minimum Gasteiger partial charge on any atom is -0.327 e. The monoisotopic (exact) mass is 299 g/mol. The smallest absolute Gasteiger partial charge is 0.170 e. The van der Waals surface area contributed by atoms with Gasteiger partial charge in [-0.3, -0.25) is 0 Å². The Morgan fingerprint density at radius 1 is 1.37 bits per heavy atom. The normalized spacial score (nSPS) is 28.6. The Morgan fingerprint density at radius 3 is 2.68 bits per heavy atom. The van der Waals surface area contributed by atoms with Crippen LogP contribution in [0.2, 0.25) is 0 Å². The molecule has 3 unspecified atom stereocenters. The Labute approximate surface area is 124 Å². The molecule has 0 aliphatic heterocycles. The molecule has 2 rings (SSSR count). The van der Waals surface area contributed by atoms with E-state index >= 15 is 0 Å². The summed E-state index contributed by atoms with van der Waals surface area (Å²) in [6.45, 7) is 9.13. The Balaban J connectivity index is 2.01. The third-order valence-corrected chi connectivity index (χ3v) is 6.28. The third kappa shape index (κ3) is 3.92. The van der Waals surface area contributed by atoms with Crippen molar-refractivity contribution in [1.29, 1.82) is 0 Å². The summed E-state index contributed by atoms with van der Waals surface area (Å²) in [5.74, 6) is 1.73. The van der Waals surface area contributed by atoms with Crippen molar-refractivity contribution in [2.75, 3.05) is 0 Å². The van der Waals surface area contributed by atoms with E-state index in [0.29, 0.717) is 16.7 Å². The predicted octanol–water partition coefficient (Wildman–Crippen LogP) is 3.73. The molecule has 3 nitrogen and oxygen atoms in total. The van der Waals surface area contributed by atoms with Crippen molar-refractivity contribution in [3.05, 3.63) is 5.82 Å². The molecule has 0 aromatic carbocycles. The van der Waals surface area contributed by atoms with Gasteiger partial charge in [-0.05, 0) is 42.1 Å². The predicted molar refractivity (Wildman–Crippen MR) is 83.7 cm³/mol. The lowest BCUT2D eigenvalue weighted by Crippen LogP contribution is -2.41. The number of hydrogen-bond acceptors (Lipinski definition) is 5. The van der Waals surface area contributed by atoms with E-state index in [9.17, 15) is 0 Å². The Kier molecular flexibility index (Phi) is 4.90. The van der Waals surface area contributed by atoms with Crippen LogP contribution >= 0.6 is 23.3 Å². The van der Waals surface area contributed by atoms with Gasteiger partial charge in [0.2, 0.25) is 0 Å². The molecule has 1 aromatic heterocycles. The van der Waals surface area contributed by atoms with Gasteiger partial charge in [0.15, 0.2) is 4.34 Å². The highest BCUT2D eigenvalue weighted by Crippen LogP contribution is 2.43. The second-order valence-corrected chi connectivity index (χ2v) is 8.76. The van der Waals surface area contributed by atoms with Crippen molar-refractivity contribution < 1.29 is 0 Å². The lowest BCUT2D eigenvalue weighted by Gasteiger charge is -2.40. The quantitative estimate of drug-likeness (QED) is 0.924. The van der Waals surface area contributed by atoms with E-state index in [1.54, 1.807) is 0 Å². The van der Waals surface area contributed by atoms with Gasteiger partial charge in [0.1, 0.15) is 5.82 Å².